The van der Waals surface area contributed by atoms with Crippen LogP contribution in [0.3, 0.4) is 0 Å². The van der Waals surface area contributed by atoms with Crippen molar-refractivity contribution >= 4 is 44.1 Å². The molecule has 4 aromatic carbocycles. The molecule has 2 aliphatic heterocycles. The van der Waals surface area contributed by atoms with Crippen LogP contribution in [0.25, 0.3) is 16.0 Å². The Kier molecular flexibility index (Phi) is 6.66. The van der Waals surface area contributed by atoms with Crippen LogP contribution in [0.4, 0.5) is 9.52 Å². The summed E-state index contributed by atoms with van der Waals surface area (Å²) in [4.78, 5) is 33.1. The van der Waals surface area contributed by atoms with E-state index in [0.29, 0.717) is 40.1 Å². The average Bonchev–Trinajstić information content (AvgIpc) is 3.68. The molecule has 0 bridgehead atoms. The van der Waals surface area contributed by atoms with Crippen molar-refractivity contribution in [2.24, 2.45) is 0 Å². The number of hydrogen-bond acceptors (Lipinski definition) is 7. The van der Waals surface area contributed by atoms with Crippen LogP contribution < -0.4 is 14.4 Å². The van der Waals surface area contributed by atoms with E-state index in [1.165, 1.54) is 23.1 Å². The fourth-order valence-corrected chi connectivity index (χ4v) is 6.56. The molecule has 7 rings (SSSR count). The van der Waals surface area contributed by atoms with Crippen molar-refractivity contribution < 1.29 is 28.6 Å². The van der Waals surface area contributed by atoms with E-state index in [1.807, 2.05) is 37.3 Å². The van der Waals surface area contributed by atoms with Crippen molar-refractivity contribution in [1.82, 2.24) is 4.98 Å². The minimum Gasteiger partial charge on any atom is -0.507 e. The molecule has 1 amide bonds. The summed E-state index contributed by atoms with van der Waals surface area (Å²) < 4.78 is 26.2. The van der Waals surface area contributed by atoms with E-state index in [0.717, 1.165) is 28.2 Å². The van der Waals surface area contributed by atoms with Gasteiger partial charge in [0.2, 0.25) is 0 Å². The Labute approximate surface area is 250 Å². The molecule has 5 aromatic rings. The van der Waals surface area contributed by atoms with Gasteiger partial charge in [-0.3, -0.25) is 14.5 Å². The topological polar surface area (TPSA) is 89.0 Å². The second kappa shape index (κ2) is 10.7. The number of carbonyl (C=O) groups excluding carboxylic acids is 2. The van der Waals surface area contributed by atoms with Crippen LogP contribution in [0.15, 0.2) is 96.6 Å². The second-order valence-electron chi connectivity index (χ2n) is 10.6. The fraction of sp³-hybridized carbons (Fsp3) is 0.147. The minimum absolute atomic E-state index is 0.00414. The molecule has 1 aromatic heterocycles. The highest BCUT2D eigenvalue weighted by Crippen LogP contribution is 2.45. The number of hydrogen-bond donors (Lipinski definition) is 1. The van der Waals surface area contributed by atoms with Crippen LogP contribution in [-0.4, -0.2) is 27.9 Å². The molecular weight excluding hydrogens is 567 g/mol. The summed E-state index contributed by atoms with van der Waals surface area (Å²) in [5.74, 6) is -1.04. The minimum atomic E-state index is -0.975. The quantitative estimate of drug-likeness (QED) is 0.130. The van der Waals surface area contributed by atoms with E-state index >= 15 is 0 Å². The lowest BCUT2D eigenvalue weighted by molar-refractivity contribution is -0.132. The van der Waals surface area contributed by atoms with Crippen molar-refractivity contribution in [3.05, 3.63) is 125 Å². The zero-order valence-corrected chi connectivity index (χ0v) is 23.8. The first-order valence-corrected chi connectivity index (χ1v) is 14.6. The summed E-state index contributed by atoms with van der Waals surface area (Å²) >= 11 is 1.10. The molecule has 1 saturated heterocycles. The molecule has 9 heteroatoms. The SMILES string of the molecule is C[C@H]1Cc2cc(/C(O)=C3\C(=O)C(=O)N(c4nc5ccc(F)cc5s4)[C@@H]3c3ccc(OCc4ccccc4)cc3)ccc2O1. The number of fused-ring (bicyclic) bond motifs is 2. The molecule has 0 unspecified atom stereocenters. The molecular formula is C34H25FN2O5S. The Hall–Kier alpha value is -5.02. The summed E-state index contributed by atoms with van der Waals surface area (Å²) in [6.45, 7) is 2.34. The van der Waals surface area contributed by atoms with E-state index in [9.17, 15) is 19.1 Å². The van der Waals surface area contributed by atoms with Gasteiger partial charge in [0.15, 0.2) is 5.13 Å². The number of aliphatic hydroxyl groups is 1. The molecule has 1 N–H and O–H groups in total. The van der Waals surface area contributed by atoms with Gasteiger partial charge in [0.05, 0.1) is 21.8 Å². The Bertz CT molecular complexity index is 1920. The van der Waals surface area contributed by atoms with Crippen molar-refractivity contribution in [3.8, 4) is 11.5 Å². The third-order valence-electron chi connectivity index (χ3n) is 7.60. The highest BCUT2D eigenvalue weighted by atomic mass is 32.1. The van der Waals surface area contributed by atoms with Crippen LogP contribution in [0, 0.1) is 5.82 Å². The third-order valence-corrected chi connectivity index (χ3v) is 8.62. The van der Waals surface area contributed by atoms with Crippen LogP contribution in [-0.2, 0) is 22.6 Å². The van der Waals surface area contributed by atoms with Crippen molar-refractivity contribution in [3.63, 3.8) is 0 Å². The van der Waals surface area contributed by atoms with Gasteiger partial charge in [-0.05, 0) is 72.1 Å². The number of halogens is 1. The number of carbonyl (C=O) groups is 2. The van der Waals surface area contributed by atoms with Gasteiger partial charge in [0, 0.05) is 12.0 Å². The van der Waals surface area contributed by atoms with Gasteiger partial charge in [-0.15, -0.1) is 0 Å². The highest BCUT2D eigenvalue weighted by Gasteiger charge is 2.48. The van der Waals surface area contributed by atoms with E-state index < -0.39 is 23.5 Å². The molecule has 43 heavy (non-hydrogen) atoms. The van der Waals surface area contributed by atoms with Gasteiger partial charge in [-0.25, -0.2) is 9.37 Å². The lowest BCUT2D eigenvalue weighted by atomic mass is 9.94. The number of amides is 1. The van der Waals surface area contributed by atoms with E-state index in [4.69, 9.17) is 9.47 Å². The molecule has 0 aliphatic carbocycles. The Morgan fingerprint density at radius 3 is 2.63 bits per heavy atom. The monoisotopic (exact) mass is 592 g/mol. The number of anilines is 1. The number of Topliss-reactive ketones (excluding diaryl/α,β-unsaturated/α-hetero) is 1. The Morgan fingerprint density at radius 2 is 1.84 bits per heavy atom. The normalized spacial score (nSPS) is 19.1. The zero-order chi connectivity index (χ0) is 29.7. The van der Waals surface area contributed by atoms with Gasteiger partial charge in [0.1, 0.15) is 35.8 Å². The number of benzene rings is 4. The maximum absolute atomic E-state index is 14.0. The van der Waals surface area contributed by atoms with Crippen LogP contribution in [0.1, 0.15) is 35.2 Å². The Balaban J connectivity index is 1.31. The smallest absolute Gasteiger partial charge is 0.301 e. The molecule has 0 saturated carbocycles. The Morgan fingerprint density at radius 1 is 1.05 bits per heavy atom. The molecule has 3 heterocycles. The highest BCUT2D eigenvalue weighted by molar-refractivity contribution is 7.22. The van der Waals surface area contributed by atoms with Gasteiger partial charge < -0.3 is 14.6 Å². The molecule has 0 spiro atoms. The fourth-order valence-electron chi connectivity index (χ4n) is 5.55. The molecule has 0 radical (unpaired) electrons. The van der Waals surface area contributed by atoms with Gasteiger partial charge in [-0.2, -0.15) is 0 Å². The summed E-state index contributed by atoms with van der Waals surface area (Å²) in [5.41, 5.74) is 3.36. The maximum Gasteiger partial charge on any atom is 0.301 e. The largest absolute Gasteiger partial charge is 0.507 e. The summed E-state index contributed by atoms with van der Waals surface area (Å²) in [5, 5.41) is 11.8. The number of thiazole rings is 1. The maximum atomic E-state index is 14.0. The van der Waals surface area contributed by atoms with Gasteiger partial charge in [0.25, 0.3) is 5.78 Å². The van der Waals surface area contributed by atoms with Crippen molar-refractivity contribution in [2.45, 2.75) is 32.1 Å². The molecule has 1 fully saturated rings. The summed E-state index contributed by atoms with van der Waals surface area (Å²) in [7, 11) is 0. The van der Waals surface area contributed by atoms with Crippen LogP contribution in [0.5, 0.6) is 11.5 Å². The average molecular weight is 593 g/mol. The van der Waals surface area contributed by atoms with E-state index in [-0.39, 0.29) is 22.6 Å². The molecule has 2 aliphatic rings. The standard InChI is InChI=1S/C34H25FN2O5S/c1-19-15-23-16-22(9-14-27(23)42-19)31(38)29-30(21-7-11-25(12-8-21)41-18-20-5-3-2-4-6-20)37(33(40)32(29)39)34-36-26-13-10-24(35)17-28(26)43-34/h2-14,16-17,19,30,38H,15,18H2,1H3/b31-29+/t19-,30+/m0/s1. The van der Waals surface area contributed by atoms with Gasteiger partial charge >= 0.3 is 5.91 Å². The predicted molar refractivity (Wildman–Crippen MR) is 162 cm³/mol. The van der Waals surface area contributed by atoms with Crippen molar-refractivity contribution in [1.29, 1.82) is 0 Å². The predicted octanol–water partition coefficient (Wildman–Crippen LogP) is 6.96. The zero-order valence-electron chi connectivity index (χ0n) is 23.0. The number of ketones is 1. The van der Waals surface area contributed by atoms with E-state index in [1.54, 1.807) is 42.5 Å². The third kappa shape index (κ3) is 4.91. The molecule has 2 atom stereocenters. The van der Waals surface area contributed by atoms with Crippen LogP contribution in [0.2, 0.25) is 0 Å². The lowest BCUT2D eigenvalue weighted by Gasteiger charge is -2.23. The number of rotatable bonds is 6. The second-order valence-corrected chi connectivity index (χ2v) is 11.6. The molecule has 7 nitrogen and oxygen atoms in total. The lowest BCUT2D eigenvalue weighted by Crippen LogP contribution is -2.29. The first kappa shape index (κ1) is 26.9. The van der Waals surface area contributed by atoms with Gasteiger partial charge in [-0.1, -0.05) is 53.8 Å². The van der Waals surface area contributed by atoms with Crippen molar-refractivity contribution in [2.75, 3.05) is 4.90 Å². The number of nitrogens with zero attached hydrogens (tertiary/aromatic N) is 2. The first-order valence-electron chi connectivity index (χ1n) is 13.8. The molecule has 214 valence electrons. The van der Waals surface area contributed by atoms with Crippen LogP contribution >= 0.6 is 11.3 Å². The number of aliphatic hydroxyl groups excluding tert-OH is 1. The number of aromatic nitrogens is 1. The first-order chi connectivity index (χ1) is 20.9. The van der Waals surface area contributed by atoms with E-state index in [2.05, 4.69) is 4.98 Å². The summed E-state index contributed by atoms with van der Waals surface area (Å²) in [6, 6.07) is 25.2. The number of ether oxygens (including phenoxy) is 2. The summed E-state index contributed by atoms with van der Waals surface area (Å²) in [6.07, 6.45) is 0.672.